The molecule has 0 spiro atoms. The first-order valence-corrected chi connectivity index (χ1v) is 9.03. The van der Waals surface area contributed by atoms with Crippen molar-refractivity contribution < 1.29 is 9.59 Å². The fraction of sp³-hybridized carbons (Fsp3) is 0.389. The average Bonchev–Trinajstić information content (AvgIpc) is 3.09. The molecule has 0 aliphatic carbocycles. The molecule has 0 atom stereocenters. The summed E-state index contributed by atoms with van der Waals surface area (Å²) in [6, 6.07) is 8.21. The van der Waals surface area contributed by atoms with Crippen molar-refractivity contribution in [1.82, 2.24) is 14.8 Å². The molecular formula is C18H21N3O2S. The maximum atomic E-state index is 12.3. The summed E-state index contributed by atoms with van der Waals surface area (Å²) >= 11 is 1.63. The molecule has 24 heavy (non-hydrogen) atoms. The topological polar surface area (TPSA) is 53.5 Å². The second kappa shape index (κ2) is 7.57. The standard InChI is InChI=1S/C18H21N3O2S/c1-14-4-2-3-5-16(14)18-19-15(12-24-18)6-7-17(23)21-10-8-20(13-22)9-11-21/h2-5,12-13H,6-11H2,1H3. The number of benzene rings is 1. The molecule has 2 aromatic rings. The van der Waals surface area contributed by atoms with Gasteiger partial charge >= 0.3 is 0 Å². The highest BCUT2D eigenvalue weighted by molar-refractivity contribution is 7.13. The lowest BCUT2D eigenvalue weighted by molar-refractivity contribution is -0.135. The van der Waals surface area contributed by atoms with Crippen molar-refractivity contribution in [3.63, 3.8) is 0 Å². The molecule has 126 valence electrons. The van der Waals surface area contributed by atoms with E-state index in [1.165, 1.54) is 5.56 Å². The molecular weight excluding hydrogens is 322 g/mol. The minimum atomic E-state index is 0.144. The van der Waals surface area contributed by atoms with Gasteiger partial charge in [-0.05, 0) is 18.9 Å². The van der Waals surface area contributed by atoms with Gasteiger partial charge in [-0.1, -0.05) is 24.3 Å². The van der Waals surface area contributed by atoms with Crippen LogP contribution in [-0.2, 0) is 16.0 Å². The van der Waals surface area contributed by atoms with Gasteiger partial charge in [-0.3, -0.25) is 9.59 Å². The lowest BCUT2D eigenvalue weighted by Crippen LogP contribution is -2.48. The van der Waals surface area contributed by atoms with Crippen LogP contribution in [0.15, 0.2) is 29.6 Å². The quantitative estimate of drug-likeness (QED) is 0.783. The fourth-order valence-electron chi connectivity index (χ4n) is 2.83. The highest BCUT2D eigenvalue weighted by Gasteiger charge is 2.20. The predicted molar refractivity (Wildman–Crippen MR) is 94.8 cm³/mol. The summed E-state index contributed by atoms with van der Waals surface area (Å²) in [6.45, 7) is 4.60. The van der Waals surface area contributed by atoms with E-state index in [1.54, 1.807) is 16.2 Å². The largest absolute Gasteiger partial charge is 0.342 e. The molecule has 5 nitrogen and oxygen atoms in total. The monoisotopic (exact) mass is 343 g/mol. The van der Waals surface area contributed by atoms with E-state index < -0.39 is 0 Å². The molecule has 1 fully saturated rings. The highest BCUT2D eigenvalue weighted by Crippen LogP contribution is 2.27. The number of piperazine rings is 1. The highest BCUT2D eigenvalue weighted by atomic mass is 32.1. The second-order valence-corrected chi connectivity index (χ2v) is 6.84. The van der Waals surface area contributed by atoms with Crippen LogP contribution >= 0.6 is 11.3 Å². The second-order valence-electron chi connectivity index (χ2n) is 5.98. The van der Waals surface area contributed by atoms with Crippen LogP contribution in [0.5, 0.6) is 0 Å². The van der Waals surface area contributed by atoms with Crippen LogP contribution in [0.2, 0.25) is 0 Å². The van der Waals surface area contributed by atoms with Gasteiger partial charge in [0.25, 0.3) is 0 Å². The van der Waals surface area contributed by atoms with Gasteiger partial charge in [0, 0.05) is 43.5 Å². The summed E-state index contributed by atoms with van der Waals surface area (Å²) in [5.74, 6) is 0.144. The van der Waals surface area contributed by atoms with Gasteiger partial charge in [0.15, 0.2) is 0 Å². The van der Waals surface area contributed by atoms with Gasteiger partial charge in [0.2, 0.25) is 12.3 Å². The third-order valence-corrected chi connectivity index (χ3v) is 5.26. The maximum Gasteiger partial charge on any atom is 0.223 e. The number of amides is 2. The van der Waals surface area contributed by atoms with Gasteiger partial charge in [-0.15, -0.1) is 11.3 Å². The average molecular weight is 343 g/mol. The van der Waals surface area contributed by atoms with E-state index in [2.05, 4.69) is 24.0 Å². The molecule has 1 aromatic carbocycles. The molecule has 1 aliphatic heterocycles. The Hall–Kier alpha value is -2.21. The summed E-state index contributed by atoms with van der Waals surface area (Å²) in [4.78, 5) is 31.2. The number of nitrogens with zero attached hydrogens (tertiary/aromatic N) is 3. The van der Waals surface area contributed by atoms with E-state index in [-0.39, 0.29) is 5.91 Å². The van der Waals surface area contributed by atoms with Gasteiger partial charge in [-0.25, -0.2) is 4.98 Å². The van der Waals surface area contributed by atoms with E-state index in [4.69, 9.17) is 0 Å². The number of carbonyl (C=O) groups excluding carboxylic acids is 2. The normalized spacial score (nSPS) is 14.7. The number of carbonyl (C=O) groups is 2. The molecule has 1 aromatic heterocycles. The molecule has 0 radical (unpaired) electrons. The molecule has 0 saturated carbocycles. The summed E-state index contributed by atoms with van der Waals surface area (Å²) in [5, 5.41) is 3.05. The van der Waals surface area contributed by atoms with Crippen LogP contribution in [0.4, 0.5) is 0 Å². The maximum absolute atomic E-state index is 12.3. The molecule has 2 amide bonds. The Kier molecular flexibility index (Phi) is 5.25. The molecule has 0 N–H and O–H groups in total. The van der Waals surface area contributed by atoms with Crippen LogP contribution in [0.1, 0.15) is 17.7 Å². The minimum Gasteiger partial charge on any atom is -0.342 e. The number of hydrogen-bond acceptors (Lipinski definition) is 4. The van der Waals surface area contributed by atoms with Gasteiger partial charge in [-0.2, -0.15) is 0 Å². The first-order valence-electron chi connectivity index (χ1n) is 8.15. The Morgan fingerprint density at radius 3 is 2.71 bits per heavy atom. The lowest BCUT2D eigenvalue weighted by atomic mass is 10.1. The Morgan fingerprint density at radius 2 is 2.00 bits per heavy atom. The Bertz CT molecular complexity index is 721. The first-order chi connectivity index (χ1) is 11.7. The minimum absolute atomic E-state index is 0.144. The van der Waals surface area contributed by atoms with Crippen molar-refractivity contribution in [2.45, 2.75) is 19.8 Å². The van der Waals surface area contributed by atoms with E-state index >= 15 is 0 Å². The number of thiazole rings is 1. The van der Waals surface area contributed by atoms with Crippen LogP contribution in [0.25, 0.3) is 10.6 Å². The summed E-state index contributed by atoms with van der Waals surface area (Å²) < 4.78 is 0. The Balaban J connectivity index is 1.55. The number of aromatic nitrogens is 1. The molecule has 0 bridgehead atoms. The Labute approximate surface area is 145 Å². The summed E-state index contributed by atoms with van der Waals surface area (Å²) in [5.41, 5.74) is 3.34. The molecule has 1 saturated heterocycles. The number of aryl methyl sites for hydroxylation is 2. The van der Waals surface area contributed by atoms with E-state index in [9.17, 15) is 9.59 Å². The Morgan fingerprint density at radius 1 is 1.25 bits per heavy atom. The van der Waals surface area contributed by atoms with Crippen molar-refractivity contribution in [2.75, 3.05) is 26.2 Å². The molecule has 3 rings (SSSR count). The van der Waals surface area contributed by atoms with Crippen molar-refractivity contribution >= 4 is 23.7 Å². The molecule has 2 heterocycles. The zero-order chi connectivity index (χ0) is 16.9. The van der Waals surface area contributed by atoms with Crippen molar-refractivity contribution in [3.05, 3.63) is 40.9 Å². The van der Waals surface area contributed by atoms with Crippen molar-refractivity contribution in [1.29, 1.82) is 0 Å². The van der Waals surface area contributed by atoms with Crippen LogP contribution in [0.3, 0.4) is 0 Å². The van der Waals surface area contributed by atoms with E-state index in [0.717, 1.165) is 22.7 Å². The zero-order valence-corrected chi connectivity index (χ0v) is 14.6. The molecule has 1 aliphatic rings. The number of hydrogen-bond donors (Lipinski definition) is 0. The molecule has 6 heteroatoms. The van der Waals surface area contributed by atoms with Crippen LogP contribution in [0, 0.1) is 6.92 Å². The predicted octanol–water partition coefficient (Wildman–Crippen LogP) is 2.35. The summed E-state index contributed by atoms with van der Waals surface area (Å²) in [7, 11) is 0. The summed E-state index contributed by atoms with van der Waals surface area (Å²) in [6.07, 6.45) is 1.98. The van der Waals surface area contributed by atoms with E-state index in [1.807, 2.05) is 22.4 Å². The van der Waals surface area contributed by atoms with Crippen molar-refractivity contribution in [2.24, 2.45) is 0 Å². The zero-order valence-electron chi connectivity index (χ0n) is 13.8. The lowest BCUT2D eigenvalue weighted by Gasteiger charge is -2.32. The third-order valence-electron chi connectivity index (χ3n) is 4.34. The first kappa shape index (κ1) is 16.6. The number of rotatable bonds is 5. The fourth-order valence-corrected chi connectivity index (χ4v) is 3.77. The smallest absolute Gasteiger partial charge is 0.223 e. The SMILES string of the molecule is Cc1ccccc1-c1nc(CCC(=O)N2CCN(C=O)CC2)cs1. The van der Waals surface area contributed by atoms with Crippen LogP contribution < -0.4 is 0 Å². The van der Waals surface area contributed by atoms with Crippen molar-refractivity contribution in [3.8, 4) is 10.6 Å². The van der Waals surface area contributed by atoms with Gasteiger partial charge < -0.3 is 9.80 Å². The van der Waals surface area contributed by atoms with E-state index in [0.29, 0.717) is 39.0 Å². The van der Waals surface area contributed by atoms with Gasteiger partial charge in [0.1, 0.15) is 5.01 Å². The molecule has 0 unspecified atom stereocenters. The van der Waals surface area contributed by atoms with Gasteiger partial charge in [0.05, 0.1) is 5.69 Å². The van der Waals surface area contributed by atoms with Crippen LogP contribution in [-0.4, -0.2) is 53.3 Å². The third kappa shape index (κ3) is 3.82.